The maximum absolute atomic E-state index is 8.80. The second-order valence-corrected chi connectivity index (χ2v) is 4.89. The molecule has 0 atom stereocenters. The minimum Gasteiger partial charge on any atom is -0.396 e. The molecule has 0 bridgehead atoms. The number of aliphatic hydroxyl groups is 1. The van der Waals surface area contributed by atoms with Gasteiger partial charge in [-0.2, -0.15) is 0 Å². The Balaban J connectivity index is 3.62. The van der Waals surface area contributed by atoms with Gasteiger partial charge in [0.25, 0.3) is 0 Å². The molecular formula is C11H25NO3. The Morgan fingerprint density at radius 3 is 1.87 bits per heavy atom. The molecule has 0 rings (SSSR count). The Morgan fingerprint density at radius 2 is 1.47 bits per heavy atom. The number of hydrogen-bond donors (Lipinski definition) is 2. The molecule has 92 valence electrons. The molecule has 0 saturated carbocycles. The molecule has 0 aliphatic rings. The molecule has 0 radical (unpaired) electrons. The van der Waals surface area contributed by atoms with Gasteiger partial charge < -0.3 is 20.3 Å². The van der Waals surface area contributed by atoms with E-state index in [0.717, 1.165) is 0 Å². The first-order valence-electron chi connectivity index (χ1n) is 5.42. The molecule has 15 heavy (non-hydrogen) atoms. The summed E-state index contributed by atoms with van der Waals surface area (Å²) in [7, 11) is 0. The first kappa shape index (κ1) is 14.8. The monoisotopic (exact) mass is 219 g/mol. The van der Waals surface area contributed by atoms with E-state index < -0.39 is 0 Å². The van der Waals surface area contributed by atoms with Crippen molar-refractivity contribution in [3.63, 3.8) is 0 Å². The summed E-state index contributed by atoms with van der Waals surface area (Å²) in [6.07, 6.45) is 0.632. The van der Waals surface area contributed by atoms with Crippen LogP contribution in [0.1, 0.15) is 34.1 Å². The van der Waals surface area contributed by atoms with E-state index in [-0.39, 0.29) is 17.8 Å². The maximum Gasteiger partial charge on any atom is 0.0749 e. The molecule has 0 aromatic rings. The fourth-order valence-electron chi connectivity index (χ4n) is 1.04. The van der Waals surface area contributed by atoms with Crippen molar-refractivity contribution in [3.05, 3.63) is 0 Å². The summed E-state index contributed by atoms with van der Waals surface area (Å²) >= 11 is 0. The lowest BCUT2D eigenvalue weighted by molar-refractivity contribution is -0.0868. The van der Waals surface area contributed by atoms with Gasteiger partial charge in [-0.15, -0.1) is 0 Å². The lowest BCUT2D eigenvalue weighted by Gasteiger charge is -2.27. The molecule has 0 aliphatic heterocycles. The molecule has 0 heterocycles. The normalized spacial score (nSPS) is 13.2. The fourth-order valence-corrected chi connectivity index (χ4v) is 1.04. The SMILES string of the molecule is CC(C)(CN)OCCOC(C)(C)CCO. The van der Waals surface area contributed by atoms with E-state index in [0.29, 0.717) is 26.2 Å². The molecule has 0 aliphatic carbocycles. The van der Waals surface area contributed by atoms with Gasteiger partial charge in [-0.25, -0.2) is 0 Å². The predicted molar refractivity (Wildman–Crippen MR) is 60.8 cm³/mol. The molecule has 0 saturated heterocycles. The number of aliphatic hydroxyl groups excluding tert-OH is 1. The van der Waals surface area contributed by atoms with Crippen LogP contribution < -0.4 is 5.73 Å². The van der Waals surface area contributed by atoms with E-state index in [1.54, 1.807) is 0 Å². The molecular weight excluding hydrogens is 194 g/mol. The third-order valence-corrected chi connectivity index (χ3v) is 2.27. The number of ether oxygens (including phenoxy) is 2. The second-order valence-electron chi connectivity index (χ2n) is 4.89. The second kappa shape index (κ2) is 6.43. The Kier molecular flexibility index (Phi) is 6.36. The molecule has 0 aromatic heterocycles. The van der Waals surface area contributed by atoms with Crippen molar-refractivity contribution in [3.8, 4) is 0 Å². The zero-order valence-electron chi connectivity index (χ0n) is 10.4. The fraction of sp³-hybridized carbons (Fsp3) is 1.00. The van der Waals surface area contributed by atoms with Crippen LogP contribution in [-0.4, -0.2) is 42.7 Å². The van der Waals surface area contributed by atoms with E-state index >= 15 is 0 Å². The first-order chi connectivity index (χ1) is 6.83. The van der Waals surface area contributed by atoms with Crippen LogP contribution >= 0.6 is 0 Å². The van der Waals surface area contributed by atoms with Crippen molar-refractivity contribution in [2.75, 3.05) is 26.4 Å². The van der Waals surface area contributed by atoms with E-state index in [4.69, 9.17) is 20.3 Å². The molecule has 3 N–H and O–H groups in total. The van der Waals surface area contributed by atoms with Crippen LogP contribution in [0.2, 0.25) is 0 Å². The summed E-state index contributed by atoms with van der Waals surface area (Å²) in [6, 6.07) is 0. The highest BCUT2D eigenvalue weighted by Gasteiger charge is 2.19. The van der Waals surface area contributed by atoms with E-state index in [9.17, 15) is 0 Å². The van der Waals surface area contributed by atoms with Crippen LogP contribution in [0, 0.1) is 0 Å². The summed E-state index contributed by atoms with van der Waals surface area (Å²) in [5.74, 6) is 0. The smallest absolute Gasteiger partial charge is 0.0749 e. The lowest BCUT2D eigenvalue weighted by Crippen LogP contribution is -2.36. The molecule has 4 heteroatoms. The molecule has 4 nitrogen and oxygen atoms in total. The highest BCUT2D eigenvalue weighted by Crippen LogP contribution is 2.14. The first-order valence-corrected chi connectivity index (χ1v) is 5.42. The van der Waals surface area contributed by atoms with E-state index in [1.165, 1.54) is 0 Å². The Morgan fingerprint density at radius 1 is 1.00 bits per heavy atom. The van der Waals surface area contributed by atoms with Gasteiger partial charge >= 0.3 is 0 Å². The maximum atomic E-state index is 8.80. The zero-order valence-corrected chi connectivity index (χ0v) is 10.4. The third-order valence-electron chi connectivity index (χ3n) is 2.27. The van der Waals surface area contributed by atoms with Crippen molar-refractivity contribution >= 4 is 0 Å². The standard InChI is InChI=1S/C11H25NO3/c1-10(2,5-6-13)14-7-8-15-11(3,4)9-12/h13H,5-9,12H2,1-4H3. The van der Waals surface area contributed by atoms with Crippen LogP contribution in [0.4, 0.5) is 0 Å². The van der Waals surface area contributed by atoms with Gasteiger partial charge in [0, 0.05) is 13.2 Å². The minimum absolute atomic E-state index is 0.141. The van der Waals surface area contributed by atoms with Gasteiger partial charge in [0.15, 0.2) is 0 Å². The van der Waals surface area contributed by atoms with Gasteiger partial charge in [-0.3, -0.25) is 0 Å². The summed E-state index contributed by atoms with van der Waals surface area (Å²) in [4.78, 5) is 0. The molecule has 0 fully saturated rings. The average Bonchev–Trinajstić information content (AvgIpc) is 2.13. The van der Waals surface area contributed by atoms with E-state index in [2.05, 4.69) is 0 Å². The highest BCUT2D eigenvalue weighted by molar-refractivity contribution is 4.70. The van der Waals surface area contributed by atoms with Crippen molar-refractivity contribution in [1.82, 2.24) is 0 Å². The number of hydrogen-bond acceptors (Lipinski definition) is 4. The Labute approximate surface area is 92.7 Å². The summed E-state index contributed by atoms with van der Waals surface area (Å²) < 4.78 is 11.1. The van der Waals surface area contributed by atoms with Gasteiger partial charge in [0.05, 0.1) is 24.4 Å². The van der Waals surface area contributed by atoms with Gasteiger partial charge in [-0.05, 0) is 34.1 Å². The summed E-state index contributed by atoms with van der Waals surface area (Å²) in [6.45, 7) is 9.50. The van der Waals surface area contributed by atoms with Gasteiger partial charge in [0.2, 0.25) is 0 Å². The van der Waals surface area contributed by atoms with Gasteiger partial charge in [0.1, 0.15) is 0 Å². The predicted octanol–water partition coefficient (Wildman–Crippen LogP) is 0.918. The minimum atomic E-state index is -0.287. The Hall–Kier alpha value is -0.160. The van der Waals surface area contributed by atoms with Crippen LogP contribution in [0.15, 0.2) is 0 Å². The summed E-state index contributed by atoms with van der Waals surface area (Å²) in [5, 5.41) is 8.80. The van der Waals surface area contributed by atoms with Crippen LogP contribution in [0.3, 0.4) is 0 Å². The largest absolute Gasteiger partial charge is 0.396 e. The number of nitrogens with two attached hydrogens (primary N) is 1. The van der Waals surface area contributed by atoms with Crippen LogP contribution in [0.5, 0.6) is 0 Å². The zero-order chi connectivity index (χ0) is 11.9. The summed E-state index contributed by atoms with van der Waals surface area (Å²) in [5.41, 5.74) is 4.95. The Bertz CT molecular complexity index is 169. The molecule has 0 spiro atoms. The average molecular weight is 219 g/mol. The lowest BCUT2D eigenvalue weighted by atomic mass is 10.1. The highest BCUT2D eigenvalue weighted by atomic mass is 16.5. The molecule has 0 amide bonds. The van der Waals surface area contributed by atoms with Crippen molar-refractivity contribution in [1.29, 1.82) is 0 Å². The quantitative estimate of drug-likeness (QED) is 0.596. The van der Waals surface area contributed by atoms with Crippen molar-refractivity contribution < 1.29 is 14.6 Å². The van der Waals surface area contributed by atoms with Crippen LogP contribution in [0.25, 0.3) is 0 Å². The molecule has 0 aromatic carbocycles. The van der Waals surface area contributed by atoms with Crippen molar-refractivity contribution in [2.45, 2.75) is 45.3 Å². The third kappa shape index (κ3) is 7.73. The number of rotatable bonds is 8. The van der Waals surface area contributed by atoms with Crippen molar-refractivity contribution in [2.24, 2.45) is 5.73 Å². The topological polar surface area (TPSA) is 64.7 Å². The van der Waals surface area contributed by atoms with Gasteiger partial charge in [-0.1, -0.05) is 0 Å². The van der Waals surface area contributed by atoms with E-state index in [1.807, 2.05) is 27.7 Å². The molecule has 0 unspecified atom stereocenters. The van der Waals surface area contributed by atoms with Crippen LogP contribution in [-0.2, 0) is 9.47 Å².